The molecule has 2 aromatic heterocycles. The Balaban J connectivity index is 1.97. The van der Waals surface area contributed by atoms with Gasteiger partial charge in [-0.2, -0.15) is 0 Å². The molecular formula is C11H15N5O3Se. The Morgan fingerprint density at radius 3 is 2.90 bits per heavy atom. The van der Waals surface area contributed by atoms with Crippen LogP contribution in [0, 0.1) is 0 Å². The molecule has 1 aliphatic heterocycles. The average Bonchev–Trinajstić information content (AvgIpc) is 2.97. The van der Waals surface area contributed by atoms with Gasteiger partial charge in [-0.25, -0.2) is 0 Å². The van der Waals surface area contributed by atoms with E-state index in [-0.39, 0.29) is 11.9 Å². The van der Waals surface area contributed by atoms with E-state index in [1.165, 1.54) is 12.7 Å². The van der Waals surface area contributed by atoms with Crippen molar-refractivity contribution in [2.24, 2.45) is 0 Å². The van der Waals surface area contributed by atoms with E-state index in [0.29, 0.717) is 26.1 Å². The van der Waals surface area contributed by atoms with Crippen molar-refractivity contribution in [2.75, 3.05) is 5.73 Å². The molecule has 0 saturated carbocycles. The molecule has 1 aliphatic rings. The molecule has 1 fully saturated rings. The number of rotatable bonds is 3. The zero-order valence-electron chi connectivity index (χ0n) is 10.7. The van der Waals surface area contributed by atoms with Gasteiger partial charge in [0.05, 0.1) is 0 Å². The summed E-state index contributed by atoms with van der Waals surface area (Å²) >= 11 is 0.351. The second-order valence-corrected chi connectivity index (χ2v) is 6.50. The quantitative estimate of drug-likeness (QED) is 0.624. The van der Waals surface area contributed by atoms with Crippen molar-refractivity contribution in [3.8, 4) is 0 Å². The second-order valence-electron chi connectivity index (χ2n) is 4.58. The van der Waals surface area contributed by atoms with Crippen molar-refractivity contribution in [1.29, 1.82) is 0 Å². The van der Waals surface area contributed by atoms with E-state index in [2.05, 4.69) is 20.8 Å². The molecule has 0 amide bonds. The van der Waals surface area contributed by atoms with E-state index < -0.39 is 18.4 Å². The normalized spacial score (nSPS) is 30.1. The summed E-state index contributed by atoms with van der Waals surface area (Å²) in [6.07, 6.45) is -0.168. The third-order valence-corrected chi connectivity index (χ3v) is 4.72. The topological polar surface area (TPSA) is 119 Å². The molecule has 4 atom stereocenters. The van der Waals surface area contributed by atoms with Crippen LogP contribution in [0.2, 0.25) is 11.1 Å². The average molecular weight is 344 g/mol. The zero-order valence-corrected chi connectivity index (χ0v) is 12.5. The summed E-state index contributed by atoms with van der Waals surface area (Å²) < 4.78 is 7.34. The summed E-state index contributed by atoms with van der Waals surface area (Å²) in [6.45, 7) is 0. The number of anilines is 1. The Kier molecular flexibility index (Phi) is 3.61. The number of imidazole rings is 1. The molecule has 20 heavy (non-hydrogen) atoms. The number of aromatic nitrogens is 4. The number of nitrogen functional groups attached to an aromatic ring is 1. The van der Waals surface area contributed by atoms with Crippen molar-refractivity contribution in [3.05, 3.63) is 12.7 Å². The van der Waals surface area contributed by atoms with Crippen LogP contribution in [0.15, 0.2) is 12.7 Å². The van der Waals surface area contributed by atoms with Gasteiger partial charge < -0.3 is 0 Å². The first-order valence-electron chi connectivity index (χ1n) is 6.07. The van der Waals surface area contributed by atoms with Crippen LogP contribution in [0.5, 0.6) is 0 Å². The number of nitrogens with zero attached hydrogens (tertiary/aromatic N) is 4. The molecule has 3 heterocycles. The maximum absolute atomic E-state index is 10.2. The van der Waals surface area contributed by atoms with E-state index >= 15 is 0 Å². The molecular weight excluding hydrogens is 329 g/mol. The number of aliphatic hydroxyl groups excluding tert-OH is 2. The summed E-state index contributed by atoms with van der Waals surface area (Å²) in [5.74, 6) is 2.33. The SMILES string of the molecule is C[Se]CC1OC(n2cnc3c(N)ncnc32)C(O)C1O. The first kappa shape index (κ1) is 13.7. The minimum absolute atomic E-state index is 0.273. The zero-order chi connectivity index (χ0) is 14.3. The number of aliphatic hydroxyl groups is 2. The summed E-state index contributed by atoms with van der Waals surface area (Å²) in [5.41, 5.74) is 6.67. The molecule has 4 unspecified atom stereocenters. The predicted octanol–water partition coefficient (Wildman–Crippen LogP) is -0.802. The first-order valence-corrected chi connectivity index (χ1v) is 8.99. The Bertz CT molecular complexity index is 621. The molecule has 0 spiro atoms. The van der Waals surface area contributed by atoms with Gasteiger partial charge in [-0.05, 0) is 0 Å². The van der Waals surface area contributed by atoms with Crippen LogP contribution >= 0.6 is 0 Å². The van der Waals surface area contributed by atoms with Gasteiger partial charge in [0, 0.05) is 0 Å². The molecule has 2 aromatic rings. The van der Waals surface area contributed by atoms with E-state index in [4.69, 9.17) is 10.5 Å². The fraction of sp³-hybridized carbons (Fsp3) is 0.545. The van der Waals surface area contributed by atoms with Gasteiger partial charge in [0.25, 0.3) is 0 Å². The van der Waals surface area contributed by atoms with Gasteiger partial charge >= 0.3 is 120 Å². The van der Waals surface area contributed by atoms with E-state index in [1.54, 1.807) is 4.57 Å². The maximum atomic E-state index is 10.2. The molecule has 4 N–H and O–H groups in total. The molecule has 0 radical (unpaired) electrons. The number of ether oxygens (including phenoxy) is 1. The summed E-state index contributed by atoms with van der Waals surface area (Å²) in [7, 11) is 0. The van der Waals surface area contributed by atoms with Crippen LogP contribution in [0.25, 0.3) is 11.2 Å². The van der Waals surface area contributed by atoms with Crippen LogP contribution in [0.4, 0.5) is 5.82 Å². The van der Waals surface area contributed by atoms with Gasteiger partial charge in [0.2, 0.25) is 0 Å². The fourth-order valence-electron chi connectivity index (χ4n) is 2.32. The summed E-state index contributed by atoms with van der Waals surface area (Å²) in [5, 5.41) is 20.9. The second kappa shape index (κ2) is 5.27. The van der Waals surface area contributed by atoms with E-state index in [1.807, 2.05) is 0 Å². The van der Waals surface area contributed by atoms with Gasteiger partial charge in [-0.15, -0.1) is 0 Å². The molecule has 0 aromatic carbocycles. The van der Waals surface area contributed by atoms with Crippen molar-refractivity contribution < 1.29 is 14.9 Å². The summed E-state index contributed by atoms with van der Waals surface area (Å²) in [4.78, 5) is 12.1. The van der Waals surface area contributed by atoms with Crippen LogP contribution in [0.3, 0.4) is 0 Å². The van der Waals surface area contributed by atoms with Crippen molar-refractivity contribution in [1.82, 2.24) is 19.5 Å². The number of fused-ring (bicyclic) bond motifs is 1. The molecule has 0 aliphatic carbocycles. The molecule has 9 heteroatoms. The van der Waals surface area contributed by atoms with Crippen molar-refractivity contribution in [3.63, 3.8) is 0 Å². The standard InChI is InChI=1S/C11H15N5O3Se/c1-20-2-5-7(17)8(18)11(19-5)16-4-15-6-9(12)13-3-14-10(6)16/h3-5,7-8,11,17-18H,2H2,1H3,(H2,12,13,14). The van der Waals surface area contributed by atoms with Crippen LogP contribution in [-0.2, 0) is 4.74 Å². The van der Waals surface area contributed by atoms with Crippen LogP contribution in [-0.4, -0.2) is 63.0 Å². The van der Waals surface area contributed by atoms with Crippen molar-refractivity contribution >= 4 is 31.9 Å². The number of hydrogen-bond acceptors (Lipinski definition) is 7. The first-order chi connectivity index (χ1) is 9.63. The van der Waals surface area contributed by atoms with Gasteiger partial charge in [0.1, 0.15) is 0 Å². The van der Waals surface area contributed by atoms with Crippen molar-refractivity contribution in [2.45, 2.75) is 35.7 Å². The number of nitrogens with two attached hydrogens (primary N) is 1. The van der Waals surface area contributed by atoms with E-state index in [9.17, 15) is 10.2 Å². The molecule has 1 saturated heterocycles. The fourth-order valence-corrected chi connectivity index (χ4v) is 3.59. The van der Waals surface area contributed by atoms with E-state index in [0.717, 1.165) is 5.32 Å². The van der Waals surface area contributed by atoms with Gasteiger partial charge in [-0.3, -0.25) is 0 Å². The van der Waals surface area contributed by atoms with Crippen LogP contribution in [0.1, 0.15) is 6.23 Å². The third kappa shape index (κ3) is 2.07. The van der Waals surface area contributed by atoms with Gasteiger partial charge in [0.15, 0.2) is 0 Å². The monoisotopic (exact) mass is 345 g/mol. The van der Waals surface area contributed by atoms with Gasteiger partial charge in [-0.1, -0.05) is 0 Å². The van der Waals surface area contributed by atoms with Crippen LogP contribution < -0.4 is 5.73 Å². The molecule has 108 valence electrons. The molecule has 0 bridgehead atoms. The Hall–Kier alpha value is -1.25. The summed E-state index contributed by atoms with van der Waals surface area (Å²) in [6, 6.07) is 0. The third-order valence-electron chi connectivity index (χ3n) is 3.33. The molecule has 8 nitrogen and oxygen atoms in total. The Morgan fingerprint density at radius 2 is 2.15 bits per heavy atom. The molecule has 3 rings (SSSR count). The Labute approximate surface area is 121 Å². The minimum atomic E-state index is -1.02. The Morgan fingerprint density at radius 1 is 1.35 bits per heavy atom. The predicted molar refractivity (Wildman–Crippen MR) is 72.1 cm³/mol. The number of hydrogen-bond donors (Lipinski definition) is 3.